The van der Waals surface area contributed by atoms with E-state index in [1.165, 1.54) is 0 Å². The molecule has 7 nitrogen and oxygen atoms in total. The molecule has 0 aliphatic rings. The van der Waals surface area contributed by atoms with Gasteiger partial charge in [0.1, 0.15) is 5.75 Å². The van der Waals surface area contributed by atoms with E-state index in [1.807, 2.05) is 6.92 Å². The number of hydrogen-bond acceptors (Lipinski definition) is 5. The van der Waals surface area contributed by atoms with Gasteiger partial charge < -0.3 is 20.5 Å². The van der Waals surface area contributed by atoms with Gasteiger partial charge in [0.2, 0.25) is 0 Å². The minimum Gasteiger partial charge on any atom is -0.494 e. The zero-order chi connectivity index (χ0) is 23.1. The standard InChI is InChI=1S/C22H23F3N4O3/c1-2-32-18-10-8-15(9-11-18)26-12-16(14-30)27-21(31)19-13-29(17-6-4-3-5-7-17)28-20(19)22(23,24)25/h3-11,13,16,26,30H,2,12,14H2,1H3,(H,27,31). The summed E-state index contributed by atoms with van der Waals surface area (Å²) in [6.45, 7) is 2.04. The summed E-state index contributed by atoms with van der Waals surface area (Å²) in [5, 5.41) is 18.6. The lowest BCUT2D eigenvalue weighted by molar-refractivity contribution is -0.141. The molecule has 0 saturated carbocycles. The molecular formula is C22H23F3N4O3. The number of benzene rings is 2. The zero-order valence-corrected chi connectivity index (χ0v) is 17.3. The number of para-hydroxylation sites is 1. The molecule has 3 rings (SSSR count). The fourth-order valence-corrected chi connectivity index (χ4v) is 2.96. The number of aliphatic hydroxyl groups is 1. The SMILES string of the molecule is CCOc1ccc(NCC(CO)NC(=O)c2cn(-c3ccccc3)nc2C(F)(F)F)cc1. The second-order valence-electron chi connectivity index (χ2n) is 6.86. The number of nitrogens with zero attached hydrogens (tertiary/aromatic N) is 2. The molecule has 0 aliphatic heterocycles. The molecule has 2 aromatic carbocycles. The Balaban J connectivity index is 1.72. The predicted octanol–water partition coefficient (Wildman–Crippen LogP) is 3.49. The van der Waals surface area contributed by atoms with Crippen LogP contribution in [-0.4, -0.2) is 46.6 Å². The molecule has 3 N–H and O–H groups in total. The molecule has 0 radical (unpaired) electrons. The summed E-state index contributed by atoms with van der Waals surface area (Å²) >= 11 is 0. The number of alkyl halides is 3. The number of aliphatic hydroxyl groups excluding tert-OH is 1. The summed E-state index contributed by atoms with van der Waals surface area (Å²) in [5.41, 5.74) is -0.835. The summed E-state index contributed by atoms with van der Waals surface area (Å²) in [6.07, 6.45) is -3.79. The van der Waals surface area contributed by atoms with Gasteiger partial charge in [0.25, 0.3) is 5.91 Å². The Hall–Kier alpha value is -3.53. The Morgan fingerprint density at radius 1 is 1.16 bits per heavy atom. The zero-order valence-electron chi connectivity index (χ0n) is 17.3. The van der Waals surface area contributed by atoms with Gasteiger partial charge in [-0.05, 0) is 43.3 Å². The van der Waals surface area contributed by atoms with Crippen LogP contribution in [0.15, 0.2) is 60.8 Å². The van der Waals surface area contributed by atoms with E-state index in [0.717, 1.165) is 10.9 Å². The first kappa shape index (κ1) is 23.1. The lowest BCUT2D eigenvalue weighted by Crippen LogP contribution is -2.42. The summed E-state index contributed by atoms with van der Waals surface area (Å²) in [5.74, 6) is -0.285. The van der Waals surface area contributed by atoms with Crippen molar-refractivity contribution in [1.29, 1.82) is 0 Å². The van der Waals surface area contributed by atoms with Gasteiger partial charge in [-0.15, -0.1) is 0 Å². The minimum atomic E-state index is -4.82. The van der Waals surface area contributed by atoms with E-state index >= 15 is 0 Å². The van der Waals surface area contributed by atoms with Crippen molar-refractivity contribution >= 4 is 11.6 Å². The molecule has 1 unspecified atom stereocenters. The molecule has 0 spiro atoms. The van der Waals surface area contributed by atoms with E-state index in [2.05, 4.69) is 15.7 Å². The third kappa shape index (κ3) is 5.79. The van der Waals surface area contributed by atoms with Crippen LogP contribution < -0.4 is 15.4 Å². The maximum absolute atomic E-state index is 13.5. The molecule has 1 atom stereocenters. The van der Waals surface area contributed by atoms with Crippen molar-refractivity contribution in [2.45, 2.75) is 19.1 Å². The van der Waals surface area contributed by atoms with Gasteiger partial charge in [0.05, 0.1) is 30.5 Å². The maximum atomic E-state index is 13.5. The summed E-state index contributed by atoms with van der Waals surface area (Å²) in [6, 6.07) is 14.4. The highest BCUT2D eigenvalue weighted by molar-refractivity contribution is 5.95. The van der Waals surface area contributed by atoms with Crippen LogP contribution in [0, 0.1) is 0 Å². The molecule has 1 heterocycles. The monoisotopic (exact) mass is 448 g/mol. The first-order chi connectivity index (χ1) is 15.3. The first-order valence-electron chi connectivity index (χ1n) is 9.92. The molecule has 0 saturated heterocycles. The largest absolute Gasteiger partial charge is 0.494 e. The van der Waals surface area contributed by atoms with Crippen molar-refractivity contribution in [3.05, 3.63) is 72.1 Å². The normalized spacial score (nSPS) is 12.3. The van der Waals surface area contributed by atoms with Crippen LogP contribution in [0.3, 0.4) is 0 Å². The van der Waals surface area contributed by atoms with E-state index in [-0.39, 0.29) is 6.54 Å². The highest BCUT2D eigenvalue weighted by atomic mass is 19.4. The van der Waals surface area contributed by atoms with Gasteiger partial charge in [0.15, 0.2) is 5.69 Å². The second kappa shape index (κ2) is 10.2. The van der Waals surface area contributed by atoms with Gasteiger partial charge >= 0.3 is 6.18 Å². The fraction of sp³-hybridized carbons (Fsp3) is 0.273. The van der Waals surface area contributed by atoms with E-state index in [4.69, 9.17) is 4.74 Å². The number of rotatable bonds is 9. The third-order valence-corrected chi connectivity index (χ3v) is 4.52. The Morgan fingerprint density at radius 2 is 1.84 bits per heavy atom. The molecule has 0 aliphatic carbocycles. The number of anilines is 1. The number of aromatic nitrogens is 2. The maximum Gasteiger partial charge on any atom is 0.435 e. The summed E-state index contributed by atoms with van der Waals surface area (Å²) < 4.78 is 46.8. The molecule has 0 fully saturated rings. The van der Waals surface area contributed by atoms with Crippen molar-refractivity contribution < 1.29 is 27.8 Å². The number of hydrogen-bond donors (Lipinski definition) is 3. The average molecular weight is 448 g/mol. The molecule has 1 amide bonds. The number of ether oxygens (including phenoxy) is 1. The number of amides is 1. The number of nitrogens with one attached hydrogen (secondary N) is 2. The van der Waals surface area contributed by atoms with Crippen molar-refractivity contribution in [2.24, 2.45) is 0 Å². The summed E-state index contributed by atoms with van der Waals surface area (Å²) in [4.78, 5) is 12.6. The number of halogens is 3. The van der Waals surface area contributed by atoms with Gasteiger partial charge in [0, 0.05) is 18.4 Å². The topological polar surface area (TPSA) is 88.4 Å². The van der Waals surface area contributed by atoms with Crippen molar-refractivity contribution in [1.82, 2.24) is 15.1 Å². The van der Waals surface area contributed by atoms with E-state index in [1.54, 1.807) is 54.6 Å². The number of carbonyl (C=O) groups excluding carboxylic acids is 1. The van der Waals surface area contributed by atoms with Crippen LogP contribution >= 0.6 is 0 Å². The predicted molar refractivity (Wildman–Crippen MR) is 113 cm³/mol. The van der Waals surface area contributed by atoms with Crippen LogP contribution in [-0.2, 0) is 6.18 Å². The highest BCUT2D eigenvalue weighted by Crippen LogP contribution is 2.31. The van der Waals surface area contributed by atoms with Gasteiger partial charge in [-0.3, -0.25) is 4.79 Å². The Morgan fingerprint density at radius 3 is 2.44 bits per heavy atom. The van der Waals surface area contributed by atoms with Crippen LogP contribution in [0.1, 0.15) is 23.0 Å². The molecule has 0 bridgehead atoms. The lowest BCUT2D eigenvalue weighted by atomic mass is 10.2. The molecule has 170 valence electrons. The van der Waals surface area contributed by atoms with Gasteiger partial charge in [-0.2, -0.15) is 18.3 Å². The average Bonchev–Trinajstić information content (AvgIpc) is 3.25. The van der Waals surface area contributed by atoms with Crippen molar-refractivity contribution in [3.8, 4) is 11.4 Å². The number of carbonyl (C=O) groups is 1. The van der Waals surface area contributed by atoms with E-state index in [0.29, 0.717) is 23.7 Å². The highest BCUT2D eigenvalue weighted by Gasteiger charge is 2.39. The third-order valence-electron chi connectivity index (χ3n) is 4.52. The fourth-order valence-electron chi connectivity index (χ4n) is 2.96. The molecule has 10 heteroatoms. The Kier molecular flexibility index (Phi) is 7.37. The Bertz CT molecular complexity index is 1020. The van der Waals surface area contributed by atoms with Crippen molar-refractivity contribution in [2.75, 3.05) is 25.1 Å². The van der Waals surface area contributed by atoms with Crippen LogP contribution in [0.4, 0.5) is 18.9 Å². The molecular weight excluding hydrogens is 425 g/mol. The smallest absolute Gasteiger partial charge is 0.435 e. The molecule has 32 heavy (non-hydrogen) atoms. The quantitative estimate of drug-likeness (QED) is 0.467. The van der Waals surface area contributed by atoms with Gasteiger partial charge in [-0.1, -0.05) is 18.2 Å². The van der Waals surface area contributed by atoms with E-state index in [9.17, 15) is 23.1 Å². The Labute approximate surface area is 182 Å². The first-order valence-corrected chi connectivity index (χ1v) is 9.92. The van der Waals surface area contributed by atoms with Crippen LogP contribution in [0.5, 0.6) is 5.75 Å². The van der Waals surface area contributed by atoms with E-state index < -0.39 is 36.0 Å². The lowest BCUT2D eigenvalue weighted by Gasteiger charge is -2.18. The minimum absolute atomic E-state index is 0.102. The summed E-state index contributed by atoms with van der Waals surface area (Å²) in [7, 11) is 0. The second-order valence-corrected chi connectivity index (χ2v) is 6.86. The van der Waals surface area contributed by atoms with Crippen LogP contribution in [0.2, 0.25) is 0 Å². The van der Waals surface area contributed by atoms with Gasteiger partial charge in [-0.25, -0.2) is 4.68 Å². The van der Waals surface area contributed by atoms with Crippen LogP contribution in [0.25, 0.3) is 5.69 Å². The van der Waals surface area contributed by atoms with Crippen molar-refractivity contribution in [3.63, 3.8) is 0 Å². The molecule has 3 aromatic rings. The molecule has 1 aromatic heterocycles.